The van der Waals surface area contributed by atoms with Crippen LogP contribution in [0.1, 0.15) is 22.8 Å². The minimum absolute atomic E-state index is 0.0113. The van der Waals surface area contributed by atoms with Gasteiger partial charge in [0, 0.05) is 39.2 Å². The molecule has 3 aliphatic heterocycles. The minimum Gasteiger partial charge on any atom is -0.483 e. The summed E-state index contributed by atoms with van der Waals surface area (Å²) in [5, 5.41) is 0.907. The van der Waals surface area contributed by atoms with Gasteiger partial charge in [0.15, 0.2) is 6.61 Å². The average Bonchev–Trinajstić information content (AvgIpc) is 3.76. The van der Waals surface area contributed by atoms with E-state index in [0.29, 0.717) is 37.7 Å². The van der Waals surface area contributed by atoms with Crippen molar-refractivity contribution in [3.05, 3.63) is 73.1 Å². The zero-order chi connectivity index (χ0) is 29.4. The molecular formula is C31H28BrN3O6S2. The summed E-state index contributed by atoms with van der Waals surface area (Å²) in [7, 11) is 0. The predicted molar refractivity (Wildman–Crippen MR) is 164 cm³/mol. The quantitative estimate of drug-likeness (QED) is 0.404. The Hall–Kier alpha value is -2.93. The largest absolute Gasteiger partial charge is 0.483 e. The van der Waals surface area contributed by atoms with E-state index in [-0.39, 0.29) is 64.0 Å². The molecule has 3 amide bonds. The molecular weight excluding hydrogens is 654 g/mol. The maximum atomic E-state index is 14.0. The number of nitrogens with zero attached hydrogens (tertiary/aromatic N) is 2. The van der Waals surface area contributed by atoms with Crippen LogP contribution < -0.4 is 14.5 Å². The molecule has 2 bridgehead atoms. The molecule has 222 valence electrons. The molecule has 2 saturated heterocycles. The van der Waals surface area contributed by atoms with Gasteiger partial charge in [0.2, 0.25) is 11.8 Å². The van der Waals surface area contributed by atoms with E-state index < -0.39 is 5.92 Å². The van der Waals surface area contributed by atoms with Crippen LogP contribution in [0.4, 0.5) is 5.69 Å². The Morgan fingerprint density at radius 2 is 1.72 bits per heavy atom. The van der Waals surface area contributed by atoms with Crippen LogP contribution >= 0.6 is 39.0 Å². The number of hydrogen-bond acceptors (Lipinski definition) is 8. The van der Waals surface area contributed by atoms with E-state index in [2.05, 4.69) is 20.9 Å². The molecule has 43 heavy (non-hydrogen) atoms. The maximum absolute atomic E-state index is 14.0. The van der Waals surface area contributed by atoms with Crippen LogP contribution in [0.25, 0.3) is 0 Å². The first-order valence-corrected chi connectivity index (χ1v) is 17.0. The van der Waals surface area contributed by atoms with Crippen LogP contribution in [-0.2, 0) is 19.1 Å². The van der Waals surface area contributed by atoms with Gasteiger partial charge in [0.05, 0.1) is 35.8 Å². The molecule has 0 radical (unpaired) electrons. The Kier molecular flexibility index (Phi) is 6.81. The Balaban J connectivity index is 1.15. The van der Waals surface area contributed by atoms with Gasteiger partial charge in [-0.25, -0.2) is 0 Å². The van der Waals surface area contributed by atoms with Crippen molar-refractivity contribution in [1.29, 1.82) is 0 Å². The smallest absolute Gasteiger partial charge is 0.305 e. The summed E-state index contributed by atoms with van der Waals surface area (Å²) >= 11 is 6.31. The highest BCUT2D eigenvalue weighted by Gasteiger charge is 2.69. The Morgan fingerprint density at radius 1 is 1.00 bits per heavy atom. The first kappa shape index (κ1) is 27.6. The molecule has 2 aromatic carbocycles. The van der Waals surface area contributed by atoms with Crippen molar-refractivity contribution in [3.63, 3.8) is 0 Å². The SMILES string of the molecule is O=C(COc1ccccc1[C@H]1c2sc(=O)[nH]c2SC2C3CC(C4C(=O)N(c5ccc(Br)cc5)C(=O)C34)C21)N1CCOCC1. The number of fused-ring (bicyclic) bond motifs is 9. The standard InChI is InChI=1S/C31H28BrN3O6S2/c32-15-5-7-16(8-6-15)35-29(37)24-18-13-19(25(24)30(35)38)26-23(18)22(27-28(42-26)33-31(39)43-27)17-3-1-2-4-20(17)41-14-21(36)34-9-11-40-12-10-34/h1-8,18-19,22-26H,9-14H2,(H,33,39)/t18?,19?,22-,23?,24?,25?,26?/m1/s1. The van der Waals surface area contributed by atoms with Crippen LogP contribution in [0.5, 0.6) is 5.75 Å². The zero-order valence-electron chi connectivity index (χ0n) is 22.9. The fourth-order valence-corrected chi connectivity index (χ4v) is 11.3. The Bertz CT molecular complexity index is 1680. The number of aromatic amines is 1. The number of nitrogens with one attached hydrogen (secondary N) is 1. The van der Waals surface area contributed by atoms with Crippen molar-refractivity contribution >= 4 is 62.4 Å². The number of halogens is 1. The molecule has 8 rings (SSSR count). The number of amides is 3. The molecule has 9 nitrogen and oxygen atoms in total. The maximum Gasteiger partial charge on any atom is 0.305 e. The number of imide groups is 1. The predicted octanol–water partition coefficient (Wildman–Crippen LogP) is 4.11. The van der Waals surface area contributed by atoms with Gasteiger partial charge < -0.3 is 19.4 Å². The monoisotopic (exact) mass is 681 g/mol. The van der Waals surface area contributed by atoms with E-state index in [0.717, 1.165) is 26.4 Å². The number of hydrogen-bond donors (Lipinski definition) is 1. The zero-order valence-corrected chi connectivity index (χ0v) is 26.2. The van der Waals surface area contributed by atoms with Gasteiger partial charge >= 0.3 is 4.87 Å². The Morgan fingerprint density at radius 3 is 2.49 bits per heavy atom. The van der Waals surface area contributed by atoms with E-state index in [1.165, 1.54) is 16.2 Å². The molecule has 4 fully saturated rings. The number of thioether (sulfide) groups is 1. The van der Waals surface area contributed by atoms with Crippen LogP contribution in [0.2, 0.25) is 0 Å². The molecule has 1 N–H and O–H groups in total. The van der Waals surface area contributed by atoms with Crippen molar-refractivity contribution in [2.24, 2.45) is 29.6 Å². The van der Waals surface area contributed by atoms with Gasteiger partial charge in [-0.1, -0.05) is 45.5 Å². The van der Waals surface area contributed by atoms with Crippen LogP contribution in [0.15, 0.2) is 62.8 Å². The first-order chi connectivity index (χ1) is 20.9. The molecule has 2 saturated carbocycles. The number of anilines is 1. The van der Waals surface area contributed by atoms with Crippen LogP contribution in [0, 0.1) is 29.6 Å². The van der Waals surface area contributed by atoms with Crippen molar-refractivity contribution in [2.45, 2.75) is 22.6 Å². The highest BCUT2D eigenvalue weighted by molar-refractivity contribution is 9.10. The molecule has 6 unspecified atom stereocenters. The average molecular weight is 683 g/mol. The lowest BCUT2D eigenvalue weighted by Gasteiger charge is -2.43. The minimum atomic E-state index is -0.390. The number of aromatic nitrogens is 1. The van der Waals surface area contributed by atoms with Crippen molar-refractivity contribution in [2.75, 3.05) is 37.8 Å². The fraction of sp³-hybridized carbons (Fsp3) is 0.419. The van der Waals surface area contributed by atoms with Gasteiger partial charge in [0.1, 0.15) is 5.75 Å². The van der Waals surface area contributed by atoms with E-state index in [4.69, 9.17) is 9.47 Å². The lowest BCUT2D eigenvalue weighted by atomic mass is 9.68. The third-order valence-electron chi connectivity index (χ3n) is 9.78. The van der Waals surface area contributed by atoms with Crippen molar-refractivity contribution < 1.29 is 23.9 Å². The van der Waals surface area contributed by atoms with Gasteiger partial charge in [-0.2, -0.15) is 0 Å². The van der Waals surface area contributed by atoms with Crippen LogP contribution in [-0.4, -0.2) is 65.8 Å². The van der Waals surface area contributed by atoms with Gasteiger partial charge in [0.25, 0.3) is 5.91 Å². The van der Waals surface area contributed by atoms with Gasteiger partial charge in [-0.15, -0.1) is 11.8 Å². The molecule has 12 heteroatoms. The summed E-state index contributed by atoms with van der Waals surface area (Å²) in [6, 6.07) is 15.0. The number of H-pyrrole nitrogens is 1. The number of thiazole rings is 1. The van der Waals surface area contributed by atoms with Crippen LogP contribution in [0.3, 0.4) is 0 Å². The summed E-state index contributed by atoms with van der Waals surface area (Å²) in [5.41, 5.74) is 1.51. The second-order valence-electron chi connectivity index (χ2n) is 11.8. The van der Waals surface area contributed by atoms with Gasteiger partial charge in [-0.05, 0) is 54.5 Å². The molecule has 7 atom stereocenters. The summed E-state index contributed by atoms with van der Waals surface area (Å²) < 4.78 is 12.5. The number of carbonyl (C=O) groups excluding carboxylic acids is 3. The molecule has 5 aliphatic rings. The second kappa shape index (κ2) is 10.6. The van der Waals surface area contributed by atoms with E-state index in [1.807, 2.05) is 48.5 Å². The number of benzene rings is 2. The number of rotatable bonds is 5. The van der Waals surface area contributed by atoms with Gasteiger partial charge in [-0.3, -0.25) is 24.1 Å². The molecule has 0 spiro atoms. The number of morpholine rings is 1. The summed E-state index contributed by atoms with van der Waals surface area (Å²) in [5.74, 6) is -0.615. The summed E-state index contributed by atoms with van der Waals surface area (Å²) in [6.45, 7) is 2.04. The topological polar surface area (TPSA) is 109 Å². The molecule has 1 aromatic heterocycles. The normalized spacial score (nSPS) is 30.8. The Labute approximate surface area is 264 Å². The molecule has 2 aliphatic carbocycles. The van der Waals surface area contributed by atoms with E-state index in [1.54, 1.807) is 16.7 Å². The third kappa shape index (κ3) is 4.35. The lowest BCUT2D eigenvalue weighted by Crippen LogP contribution is -2.43. The fourth-order valence-electron chi connectivity index (χ4n) is 8.12. The number of carbonyl (C=O) groups is 3. The highest BCUT2D eigenvalue weighted by atomic mass is 79.9. The molecule has 4 heterocycles. The van der Waals surface area contributed by atoms with E-state index >= 15 is 0 Å². The lowest BCUT2D eigenvalue weighted by molar-refractivity contribution is -0.137. The van der Waals surface area contributed by atoms with Crippen molar-refractivity contribution in [1.82, 2.24) is 9.88 Å². The molecule has 3 aromatic rings. The third-order valence-corrected chi connectivity index (χ3v) is 12.9. The first-order valence-electron chi connectivity index (χ1n) is 14.5. The summed E-state index contributed by atoms with van der Waals surface area (Å²) in [6.07, 6.45) is 0.803. The second-order valence-corrected chi connectivity index (χ2v) is 14.9. The van der Waals surface area contributed by atoms with Crippen molar-refractivity contribution in [3.8, 4) is 5.75 Å². The number of para-hydroxylation sites is 1. The highest BCUT2D eigenvalue weighted by Crippen LogP contribution is 2.69. The number of ether oxygens (including phenoxy) is 2. The van der Waals surface area contributed by atoms with E-state index in [9.17, 15) is 19.2 Å². The summed E-state index contributed by atoms with van der Waals surface area (Å²) in [4.78, 5) is 60.5.